The first-order valence-corrected chi connectivity index (χ1v) is 10.5. The SMILES string of the molecule is CCC(CC)n1c(=O)ccc2cnc(Nc3ccc(NC(=O)OC(C)(C)C)cc3)nc21. The van der Waals surface area contributed by atoms with E-state index in [0.29, 0.717) is 17.3 Å². The smallest absolute Gasteiger partial charge is 0.412 e. The number of rotatable bonds is 6. The van der Waals surface area contributed by atoms with Gasteiger partial charge in [0.2, 0.25) is 5.95 Å². The highest BCUT2D eigenvalue weighted by atomic mass is 16.6. The normalized spacial score (nSPS) is 11.5. The first-order valence-electron chi connectivity index (χ1n) is 10.5. The molecular formula is C23H29N5O3. The standard InChI is InChI=1S/C23H29N5O3/c1-6-18(7-2)28-19(29)13-8-15-14-24-21(27-20(15)28)25-16-9-11-17(12-10-16)26-22(30)31-23(3,4)5/h8-14,18H,6-7H2,1-5H3,(H,26,30)(H,24,25,27). The number of amides is 1. The molecule has 3 aromatic rings. The van der Waals surface area contributed by atoms with Gasteiger partial charge in [0.25, 0.3) is 5.56 Å². The van der Waals surface area contributed by atoms with Crippen molar-refractivity contribution in [2.75, 3.05) is 10.6 Å². The lowest BCUT2D eigenvalue weighted by Gasteiger charge is -2.19. The highest BCUT2D eigenvalue weighted by Gasteiger charge is 2.16. The Labute approximate surface area is 181 Å². The molecule has 0 unspecified atom stereocenters. The van der Waals surface area contributed by atoms with Crippen molar-refractivity contribution in [3.8, 4) is 0 Å². The minimum absolute atomic E-state index is 0.0663. The third-order valence-corrected chi connectivity index (χ3v) is 4.76. The predicted octanol–water partition coefficient (Wildman–Crippen LogP) is 5.24. The quantitative estimate of drug-likeness (QED) is 0.562. The number of carbonyl (C=O) groups excluding carboxylic acids is 1. The zero-order valence-electron chi connectivity index (χ0n) is 18.6. The lowest BCUT2D eigenvalue weighted by molar-refractivity contribution is 0.0636. The molecule has 0 aliphatic carbocycles. The average Bonchev–Trinajstić information content (AvgIpc) is 2.70. The molecule has 3 rings (SSSR count). The number of hydrogen-bond donors (Lipinski definition) is 2. The molecule has 8 heteroatoms. The van der Waals surface area contributed by atoms with Gasteiger partial charge in [0.05, 0.1) is 0 Å². The van der Waals surface area contributed by atoms with Gasteiger partial charge < -0.3 is 10.1 Å². The molecule has 0 aliphatic heterocycles. The number of nitrogens with zero attached hydrogens (tertiary/aromatic N) is 3. The van der Waals surface area contributed by atoms with Crippen LogP contribution in [0.4, 0.5) is 22.1 Å². The molecule has 2 N–H and O–H groups in total. The summed E-state index contributed by atoms with van der Waals surface area (Å²) in [4.78, 5) is 33.4. The fraction of sp³-hybridized carbons (Fsp3) is 0.391. The zero-order valence-corrected chi connectivity index (χ0v) is 18.6. The summed E-state index contributed by atoms with van der Waals surface area (Å²) in [7, 11) is 0. The van der Waals surface area contributed by atoms with Crippen LogP contribution in [0.1, 0.15) is 53.5 Å². The van der Waals surface area contributed by atoms with Gasteiger partial charge in [-0.2, -0.15) is 4.98 Å². The van der Waals surface area contributed by atoms with Crippen molar-refractivity contribution in [1.82, 2.24) is 14.5 Å². The Morgan fingerprint density at radius 2 is 1.71 bits per heavy atom. The molecule has 164 valence electrons. The molecule has 1 aromatic carbocycles. The maximum atomic E-state index is 12.5. The van der Waals surface area contributed by atoms with Crippen LogP contribution < -0.4 is 16.2 Å². The van der Waals surface area contributed by atoms with Crippen LogP contribution in [0.25, 0.3) is 11.0 Å². The number of pyridine rings is 1. The maximum absolute atomic E-state index is 12.5. The topological polar surface area (TPSA) is 98.1 Å². The Morgan fingerprint density at radius 3 is 2.32 bits per heavy atom. The van der Waals surface area contributed by atoms with E-state index in [-0.39, 0.29) is 11.6 Å². The van der Waals surface area contributed by atoms with E-state index >= 15 is 0 Å². The lowest BCUT2D eigenvalue weighted by atomic mass is 10.1. The number of benzene rings is 1. The fourth-order valence-electron chi connectivity index (χ4n) is 3.29. The molecule has 0 spiro atoms. The van der Waals surface area contributed by atoms with Gasteiger partial charge >= 0.3 is 6.09 Å². The van der Waals surface area contributed by atoms with E-state index in [1.807, 2.05) is 20.8 Å². The van der Waals surface area contributed by atoms with Crippen LogP contribution in [-0.4, -0.2) is 26.2 Å². The number of nitrogens with one attached hydrogen (secondary N) is 2. The summed E-state index contributed by atoms with van der Waals surface area (Å²) >= 11 is 0. The van der Waals surface area contributed by atoms with E-state index in [4.69, 9.17) is 4.74 Å². The van der Waals surface area contributed by atoms with Crippen molar-refractivity contribution in [2.24, 2.45) is 0 Å². The predicted molar refractivity (Wildman–Crippen MR) is 123 cm³/mol. The Morgan fingerprint density at radius 1 is 1.06 bits per heavy atom. The van der Waals surface area contributed by atoms with E-state index in [2.05, 4.69) is 34.4 Å². The Kier molecular flexibility index (Phi) is 6.58. The molecule has 0 fully saturated rings. The van der Waals surface area contributed by atoms with Crippen molar-refractivity contribution < 1.29 is 9.53 Å². The second-order valence-electron chi connectivity index (χ2n) is 8.31. The van der Waals surface area contributed by atoms with Gasteiger partial charge in [0.1, 0.15) is 11.2 Å². The molecule has 1 amide bonds. The van der Waals surface area contributed by atoms with E-state index in [0.717, 1.165) is 23.9 Å². The minimum Gasteiger partial charge on any atom is -0.444 e. The summed E-state index contributed by atoms with van der Waals surface area (Å²) in [5.41, 5.74) is 1.35. The largest absolute Gasteiger partial charge is 0.444 e. The fourth-order valence-corrected chi connectivity index (χ4v) is 3.29. The zero-order chi connectivity index (χ0) is 22.6. The number of carbonyl (C=O) groups is 1. The van der Waals surface area contributed by atoms with Crippen molar-refractivity contribution >= 4 is 34.4 Å². The molecule has 0 atom stereocenters. The summed E-state index contributed by atoms with van der Waals surface area (Å²) in [5.74, 6) is 0.394. The number of aromatic nitrogens is 3. The average molecular weight is 424 g/mol. The first-order chi connectivity index (χ1) is 14.7. The van der Waals surface area contributed by atoms with E-state index in [9.17, 15) is 9.59 Å². The van der Waals surface area contributed by atoms with Crippen LogP contribution in [0.5, 0.6) is 0 Å². The monoisotopic (exact) mass is 423 g/mol. The summed E-state index contributed by atoms with van der Waals surface area (Å²) in [6.45, 7) is 9.56. The van der Waals surface area contributed by atoms with Gasteiger partial charge in [-0.05, 0) is 63.9 Å². The molecule has 0 saturated heterocycles. The molecular weight excluding hydrogens is 394 g/mol. The molecule has 0 saturated carbocycles. The maximum Gasteiger partial charge on any atom is 0.412 e. The highest BCUT2D eigenvalue weighted by molar-refractivity contribution is 5.85. The van der Waals surface area contributed by atoms with E-state index in [1.54, 1.807) is 47.2 Å². The third-order valence-electron chi connectivity index (χ3n) is 4.76. The van der Waals surface area contributed by atoms with Crippen LogP contribution >= 0.6 is 0 Å². The highest BCUT2D eigenvalue weighted by Crippen LogP contribution is 2.22. The molecule has 0 aliphatic rings. The van der Waals surface area contributed by atoms with Crippen molar-refractivity contribution in [2.45, 2.75) is 59.1 Å². The van der Waals surface area contributed by atoms with Crippen LogP contribution in [-0.2, 0) is 4.74 Å². The van der Waals surface area contributed by atoms with Crippen LogP contribution in [0.2, 0.25) is 0 Å². The third kappa shape index (κ3) is 5.59. The van der Waals surface area contributed by atoms with Crippen LogP contribution in [0.3, 0.4) is 0 Å². The number of ether oxygens (including phenoxy) is 1. The van der Waals surface area contributed by atoms with Gasteiger partial charge in [-0.3, -0.25) is 14.7 Å². The Balaban J connectivity index is 1.81. The molecule has 8 nitrogen and oxygen atoms in total. The second-order valence-corrected chi connectivity index (χ2v) is 8.31. The summed E-state index contributed by atoms with van der Waals surface area (Å²) < 4.78 is 7.00. The number of fused-ring (bicyclic) bond motifs is 1. The minimum atomic E-state index is -0.561. The first kappa shape index (κ1) is 22.3. The van der Waals surface area contributed by atoms with Gasteiger partial charge in [-0.25, -0.2) is 9.78 Å². The molecule has 31 heavy (non-hydrogen) atoms. The van der Waals surface area contributed by atoms with Crippen molar-refractivity contribution in [1.29, 1.82) is 0 Å². The number of hydrogen-bond acceptors (Lipinski definition) is 6. The molecule has 2 aromatic heterocycles. The Hall–Kier alpha value is -3.42. The number of anilines is 3. The van der Waals surface area contributed by atoms with Crippen LogP contribution in [0, 0.1) is 0 Å². The van der Waals surface area contributed by atoms with Crippen molar-refractivity contribution in [3.05, 3.63) is 52.9 Å². The molecule has 0 bridgehead atoms. The molecule has 0 radical (unpaired) electrons. The van der Waals surface area contributed by atoms with Gasteiger partial charge in [-0.1, -0.05) is 13.8 Å². The second kappa shape index (κ2) is 9.16. The summed E-state index contributed by atoms with van der Waals surface area (Å²) in [5, 5.41) is 6.66. The molecule has 2 heterocycles. The van der Waals surface area contributed by atoms with Gasteiger partial charge in [0.15, 0.2) is 0 Å². The van der Waals surface area contributed by atoms with Gasteiger partial charge in [0, 0.05) is 35.1 Å². The van der Waals surface area contributed by atoms with E-state index in [1.165, 1.54) is 0 Å². The Bertz CT molecular complexity index is 1110. The summed E-state index contributed by atoms with van der Waals surface area (Å²) in [6, 6.07) is 10.5. The summed E-state index contributed by atoms with van der Waals surface area (Å²) in [6.07, 6.45) is 2.88. The van der Waals surface area contributed by atoms with Gasteiger partial charge in [-0.15, -0.1) is 0 Å². The van der Waals surface area contributed by atoms with Crippen molar-refractivity contribution in [3.63, 3.8) is 0 Å². The van der Waals surface area contributed by atoms with Crippen LogP contribution in [0.15, 0.2) is 47.4 Å². The lowest BCUT2D eigenvalue weighted by Crippen LogP contribution is -2.27. The van der Waals surface area contributed by atoms with E-state index < -0.39 is 11.7 Å².